The Balaban J connectivity index is 1.97. The summed E-state index contributed by atoms with van der Waals surface area (Å²) in [7, 11) is 0. The van der Waals surface area contributed by atoms with Crippen LogP contribution in [0.2, 0.25) is 0 Å². The van der Waals surface area contributed by atoms with Gasteiger partial charge in [-0.15, -0.1) is 0 Å². The molecule has 0 spiro atoms. The third-order valence-electron chi connectivity index (χ3n) is 2.37. The quantitative estimate of drug-likeness (QED) is 0.800. The molecule has 15 heavy (non-hydrogen) atoms. The van der Waals surface area contributed by atoms with Crippen LogP contribution in [0.4, 0.5) is 5.82 Å². The number of hydrogen-bond donors (Lipinski definition) is 1. The minimum Gasteiger partial charge on any atom is -0.384 e. The molecule has 1 fully saturated rings. The Bertz CT molecular complexity index is 490. The molecule has 0 aliphatic heterocycles. The fourth-order valence-corrected chi connectivity index (χ4v) is 1.42. The molecule has 2 aromatic heterocycles. The molecule has 0 radical (unpaired) electrons. The van der Waals surface area contributed by atoms with E-state index in [1.807, 2.05) is 6.07 Å². The summed E-state index contributed by atoms with van der Waals surface area (Å²) in [6, 6.07) is 5.35. The molecule has 2 aromatic rings. The Kier molecular flexibility index (Phi) is 1.71. The first-order valence-electron chi connectivity index (χ1n) is 4.89. The Morgan fingerprint density at radius 1 is 1.27 bits per heavy atom. The zero-order valence-electron chi connectivity index (χ0n) is 8.05. The van der Waals surface area contributed by atoms with Gasteiger partial charge in [0.2, 0.25) is 0 Å². The molecule has 5 nitrogen and oxygen atoms in total. The van der Waals surface area contributed by atoms with Crippen molar-refractivity contribution in [3.8, 4) is 11.6 Å². The molecule has 0 bridgehead atoms. The first-order chi connectivity index (χ1) is 7.33. The summed E-state index contributed by atoms with van der Waals surface area (Å²) in [5.41, 5.74) is 6.21. The van der Waals surface area contributed by atoms with E-state index >= 15 is 0 Å². The summed E-state index contributed by atoms with van der Waals surface area (Å²) in [6.45, 7) is 0. The lowest BCUT2D eigenvalue weighted by atomic mass is 10.3. The lowest BCUT2D eigenvalue weighted by molar-refractivity contribution is 0.421. The van der Waals surface area contributed by atoms with E-state index in [1.165, 1.54) is 0 Å². The topological polar surface area (TPSA) is 77.8 Å². The van der Waals surface area contributed by atoms with E-state index < -0.39 is 0 Å². The van der Waals surface area contributed by atoms with Gasteiger partial charge in [0.25, 0.3) is 5.89 Å². The maximum atomic E-state index is 5.57. The summed E-state index contributed by atoms with van der Waals surface area (Å²) < 4.78 is 5.13. The van der Waals surface area contributed by atoms with Crippen molar-refractivity contribution in [2.45, 2.75) is 18.8 Å². The van der Waals surface area contributed by atoms with Crippen molar-refractivity contribution in [3.63, 3.8) is 0 Å². The highest BCUT2D eigenvalue weighted by molar-refractivity contribution is 5.50. The van der Waals surface area contributed by atoms with Crippen molar-refractivity contribution >= 4 is 5.82 Å². The smallest absolute Gasteiger partial charge is 0.276 e. The van der Waals surface area contributed by atoms with Crippen LogP contribution in [-0.4, -0.2) is 15.1 Å². The molecule has 1 aliphatic rings. The van der Waals surface area contributed by atoms with E-state index in [0.29, 0.717) is 23.3 Å². The Morgan fingerprint density at radius 3 is 2.87 bits per heavy atom. The third-order valence-corrected chi connectivity index (χ3v) is 2.37. The number of anilines is 1. The van der Waals surface area contributed by atoms with Crippen LogP contribution in [0.25, 0.3) is 11.6 Å². The maximum Gasteiger partial charge on any atom is 0.276 e. The highest BCUT2D eigenvalue weighted by Gasteiger charge is 2.29. The van der Waals surface area contributed by atoms with Gasteiger partial charge in [-0.2, -0.15) is 4.98 Å². The molecular formula is C10H10N4O. The monoisotopic (exact) mass is 202 g/mol. The summed E-state index contributed by atoms with van der Waals surface area (Å²) in [5.74, 6) is 2.18. The molecule has 0 atom stereocenters. The predicted molar refractivity (Wildman–Crippen MR) is 53.9 cm³/mol. The molecule has 76 valence electrons. The number of aromatic nitrogens is 3. The predicted octanol–water partition coefficient (Wildman–Crippen LogP) is 1.59. The molecule has 2 N–H and O–H groups in total. The van der Waals surface area contributed by atoms with Crippen molar-refractivity contribution in [3.05, 3.63) is 24.0 Å². The average molecular weight is 202 g/mol. The number of hydrogen-bond acceptors (Lipinski definition) is 5. The molecule has 2 heterocycles. The number of nitrogens with zero attached hydrogens (tertiary/aromatic N) is 3. The largest absolute Gasteiger partial charge is 0.384 e. The van der Waals surface area contributed by atoms with Gasteiger partial charge in [0.1, 0.15) is 11.5 Å². The first-order valence-corrected chi connectivity index (χ1v) is 4.89. The molecule has 5 heteroatoms. The second kappa shape index (κ2) is 3.05. The van der Waals surface area contributed by atoms with E-state index in [0.717, 1.165) is 18.7 Å². The van der Waals surface area contributed by atoms with E-state index in [1.54, 1.807) is 12.1 Å². The van der Waals surface area contributed by atoms with Gasteiger partial charge < -0.3 is 10.3 Å². The van der Waals surface area contributed by atoms with Crippen molar-refractivity contribution in [1.29, 1.82) is 0 Å². The highest BCUT2D eigenvalue weighted by Crippen LogP contribution is 2.38. The van der Waals surface area contributed by atoms with Crippen LogP contribution in [0.15, 0.2) is 22.7 Å². The normalized spacial score (nSPS) is 15.5. The second-order valence-electron chi connectivity index (χ2n) is 3.68. The van der Waals surface area contributed by atoms with Crippen LogP contribution < -0.4 is 5.73 Å². The van der Waals surface area contributed by atoms with Crippen LogP contribution >= 0.6 is 0 Å². The maximum absolute atomic E-state index is 5.57. The molecule has 3 rings (SSSR count). The summed E-state index contributed by atoms with van der Waals surface area (Å²) >= 11 is 0. The number of nitrogens with two attached hydrogens (primary N) is 1. The van der Waals surface area contributed by atoms with Crippen LogP contribution in [0.1, 0.15) is 24.6 Å². The minimum atomic E-state index is 0.448. The number of pyridine rings is 1. The number of rotatable bonds is 2. The average Bonchev–Trinajstić information content (AvgIpc) is 2.97. The summed E-state index contributed by atoms with van der Waals surface area (Å²) in [5, 5.41) is 3.92. The second-order valence-corrected chi connectivity index (χ2v) is 3.68. The van der Waals surface area contributed by atoms with Crippen LogP contribution in [0, 0.1) is 0 Å². The van der Waals surface area contributed by atoms with Crippen LogP contribution in [0.3, 0.4) is 0 Å². The molecule has 0 saturated heterocycles. The van der Waals surface area contributed by atoms with Crippen LogP contribution in [-0.2, 0) is 0 Å². The van der Waals surface area contributed by atoms with E-state index in [4.69, 9.17) is 10.3 Å². The van der Waals surface area contributed by atoms with Crippen molar-refractivity contribution < 1.29 is 4.52 Å². The molecule has 0 amide bonds. The van der Waals surface area contributed by atoms with Gasteiger partial charge in [0.15, 0.2) is 5.82 Å². The first kappa shape index (κ1) is 8.40. The van der Waals surface area contributed by atoms with Crippen LogP contribution in [0.5, 0.6) is 0 Å². The van der Waals surface area contributed by atoms with Crippen molar-refractivity contribution in [1.82, 2.24) is 15.1 Å². The third kappa shape index (κ3) is 1.56. The van der Waals surface area contributed by atoms with Gasteiger partial charge >= 0.3 is 0 Å². The summed E-state index contributed by atoms with van der Waals surface area (Å²) in [6.07, 6.45) is 2.31. The van der Waals surface area contributed by atoms with E-state index in [9.17, 15) is 0 Å². The SMILES string of the molecule is Nc1cccc(-c2nc(C3CC3)no2)n1. The standard InChI is InChI=1S/C10H10N4O/c11-8-3-1-2-7(12-8)10-13-9(14-15-10)6-4-5-6/h1-3,6H,4-5H2,(H2,11,12). The Labute approximate surface area is 86.3 Å². The fourth-order valence-electron chi connectivity index (χ4n) is 1.42. The highest BCUT2D eigenvalue weighted by atomic mass is 16.5. The summed E-state index contributed by atoms with van der Waals surface area (Å²) in [4.78, 5) is 8.41. The van der Waals surface area contributed by atoms with Gasteiger partial charge in [-0.05, 0) is 25.0 Å². The van der Waals surface area contributed by atoms with E-state index in [2.05, 4.69) is 15.1 Å². The van der Waals surface area contributed by atoms with Crippen molar-refractivity contribution in [2.75, 3.05) is 5.73 Å². The molecular weight excluding hydrogens is 192 g/mol. The zero-order valence-corrected chi connectivity index (χ0v) is 8.05. The van der Waals surface area contributed by atoms with Gasteiger partial charge in [0, 0.05) is 5.92 Å². The van der Waals surface area contributed by atoms with E-state index in [-0.39, 0.29) is 0 Å². The molecule has 1 saturated carbocycles. The Hall–Kier alpha value is -1.91. The lowest BCUT2D eigenvalue weighted by Gasteiger charge is -1.93. The minimum absolute atomic E-state index is 0.448. The number of nitrogen functional groups attached to an aromatic ring is 1. The zero-order chi connectivity index (χ0) is 10.3. The van der Waals surface area contributed by atoms with Crippen molar-refractivity contribution in [2.24, 2.45) is 0 Å². The molecule has 1 aliphatic carbocycles. The van der Waals surface area contributed by atoms with Gasteiger partial charge in [-0.25, -0.2) is 4.98 Å². The van der Waals surface area contributed by atoms with Gasteiger partial charge in [-0.3, -0.25) is 0 Å². The lowest BCUT2D eigenvalue weighted by Crippen LogP contribution is -1.91. The molecule has 0 aromatic carbocycles. The Morgan fingerprint density at radius 2 is 2.13 bits per heavy atom. The fraction of sp³-hybridized carbons (Fsp3) is 0.300. The van der Waals surface area contributed by atoms with Gasteiger partial charge in [0.05, 0.1) is 0 Å². The molecule has 0 unspecified atom stereocenters. The van der Waals surface area contributed by atoms with Gasteiger partial charge in [-0.1, -0.05) is 11.2 Å².